The van der Waals surface area contributed by atoms with Crippen molar-refractivity contribution >= 4 is 30.0 Å². The molecule has 33 heavy (non-hydrogen) atoms. The number of amides is 3. The number of hydrogen-bond donors (Lipinski definition) is 4. The number of carbonyl (C=O) groups excluding carboxylic acids is 3. The van der Waals surface area contributed by atoms with Crippen LogP contribution in [0.25, 0.3) is 0 Å². The van der Waals surface area contributed by atoms with Gasteiger partial charge < -0.3 is 31.4 Å². The van der Waals surface area contributed by atoms with Gasteiger partial charge in [-0.15, -0.1) is 0 Å². The quantitative estimate of drug-likeness (QED) is 0.0939. The van der Waals surface area contributed by atoms with Crippen LogP contribution in [-0.4, -0.2) is 83.2 Å². The molecule has 0 spiro atoms. The van der Waals surface area contributed by atoms with E-state index in [4.69, 9.17) is 5.84 Å². The first-order valence-electron chi connectivity index (χ1n) is 11.9. The summed E-state index contributed by atoms with van der Waals surface area (Å²) in [6.07, 6.45) is 7.57. The number of hydrazone groups is 1. The van der Waals surface area contributed by atoms with Crippen LogP contribution in [0.1, 0.15) is 64.7 Å². The third-order valence-corrected chi connectivity index (χ3v) is 5.97. The highest BCUT2D eigenvalue weighted by molar-refractivity contribution is 5.93. The third-order valence-electron chi connectivity index (χ3n) is 5.97. The lowest BCUT2D eigenvalue weighted by Gasteiger charge is -2.31. The number of aliphatic carboxylic acids is 1. The van der Waals surface area contributed by atoms with Crippen molar-refractivity contribution in [2.24, 2.45) is 16.9 Å². The number of piperidine rings is 1. The van der Waals surface area contributed by atoms with E-state index in [1.54, 1.807) is 6.34 Å². The SMILES string of the molecule is CCCCCC(=O)N[C@@H](CC(=O)NC[C@@H]1CCCN(C=NN)C1)C(=O)N(CC(=O)O)C1CC1. The molecular formula is C22H38N6O5. The predicted molar refractivity (Wildman–Crippen MR) is 123 cm³/mol. The molecule has 186 valence electrons. The van der Waals surface area contributed by atoms with E-state index in [9.17, 15) is 24.3 Å². The van der Waals surface area contributed by atoms with Crippen LogP contribution in [0.4, 0.5) is 0 Å². The minimum absolute atomic E-state index is 0.145. The number of hydrogen-bond acceptors (Lipinski definition) is 6. The summed E-state index contributed by atoms with van der Waals surface area (Å²) in [4.78, 5) is 52.7. The van der Waals surface area contributed by atoms with Gasteiger partial charge >= 0.3 is 5.97 Å². The monoisotopic (exact) mass is 466 g/mol. The van der Waals surface area contributed by atoms with Crippen LogP contribution in [0.3, 0.4) is 0 Å². The molecule has 0 aromatic rings. The van der Waals surface area contributed by atoms with Crippen LogP contribution in [0.2, 0.25) is 0 Å². The fraction of sp³-hybridized carbons (Fsp3) is 0.773. The van der Waals surface area contributed by atoms with Crippen molar-refractivity contribution in [2.45, 2.75) is 76.8 Å². The second-order valence-electron chi connectivity index (χ2n) is 8.94. The fourth-order valence-corrected chi connectivity index (χ4v) is 4.10. The predicted octanol–water partition coefficient (Wildman–Crippen LogP) is 0.247. The molecule has 1 heterocycles. The molecule has 2 aliphatic rings. The van der Waals surface area contributed by atoms with E-state index in [-0.39, 0.29) is 36.6 Å². The van der Waals surface area contributed by atoms with Crippen LogP contribution in [0.5, 0.6) is 0 Å². The van der Waals surface area contributed by atoms with Gasteiger partial charge in [-0.2, -0.15) is 5.10 Å². The zero-order chi connectivity index (χ0) is 24.2. The molecular weight excluding hydrogens is 428 g/mol. The Morgan fingerprint density at radius 2 is 1.97 bits per heavy atom. The van der Waals surface area contributed by atoms with Gasteiger partial charge in [-0.05, 0) is 38.0 Å². The molecule has 2 atom stereocenters. The van der Waals surface area contributed by atoms with Crippen LogP contribution >= 0.6 is 0 Å². The summed E-state index contributed by atoms with van der Waals surface area (Å²) in [6.45, 7) is 3.63. The number of likely N-dealkylation sites (tertiary alicyclic amines) is 1. The number of carboxylic acid groups (broad SMARTS) is 1. The van der Waals surface area contributed by atoms with Crippen molar-refractivity contribution in [3.8, 4) is 0 Å². The molecule has 0 unspecified atom stereocenters. The minimum atomic E-state index is -1.12. The maximum Gasteiger partial charge on any atom is 0.323 e. The van der Waals surface area contributed by atoms with Gasteiger partial charge in [0.25, 0.3) is 0 Å². The smallest absolute Gasteiger partial charge is 0.323 e. The molecule has 11 nitrogen and oxygen atoms in total. The normalized spacial score (nSPS) is 19.2. The van der Waals surface area contributed by atoms with Crippen molar-refractivity contribution in [1.82, 2.24) is 20.4 Å². The lowest BCUT2D eigenvalue weighted by molar-refractivity contribution is -0.146. The van der Waals surface area contributed by atoms with Gasteiger partial charge in [-0.25, -0.2) is 0 Å². The van der Waals surface area contributed by atoms with Crippen molar-refractivity contribution in [3.05, 3.63) is 0 Å². The van der Waals surface area contributed by atoms with Crippen LogP contribution in [0.15, 0.2) is 5.10 Å². The van der Waals surface area contributed by atoms with E-state index in [0.29, 0.717) is 13.0 Å². The van der Waals surface area contributed by atoms with Gasteiger partial charge in [-0.3, -0.25) is 19.2 Å². The highest BCUT2D eigenvalue weighted by Crippen LogP contribution is 2.27. The Kier molecular flexibility index (Phi) is 10.9. The first kappa shape index (κ1) is 26.4. The molecule has 2 rings (SSSR count). The van der Waals surface area contributed by atoms with Gasteiger partial charge in [0.2, 0.25) is 17.7 Å². The topological polar surface area (TPSA) is 157 Å². The summed E-state index contributed by atoms with van der Waals surface area (Å²) in [5.41, 5.74) is 0. The summed E-state index contributed by atoms with van der Waals surface area (Å²) >= 11 is 0. The zero-order valence-electron chi connectivity index (χ0n) is 19.5. The molecule has 0 bridgehead atoms. The lowest BCUT2D eigenvalue weighted by atomic mass is 9.98. The first-order chi connectivity index (χ1) is 15.8. The highest BCUT2D eigenvalue weighted by Gasteiger charge is 2.38. The molecule has 1 saturated carbocycles. The number of rotatable bonds is 14. The van der Waals surface area contributed by atoms with Crippen molar-refractivity contribution < 1.29 is 24.3 Å². The van der Waals surface area contributed by atoms with Gasteiger partial charge in [0.05, 0.1) is 6.42 Å². The van der Waals surface area contributed by atoms with Crippen molar-refractivity contribution in [1.29, 1.82) is 0 Å². The Hall–Kier alpha value is -2.85. The molecule has 5 N–H and O–H groups in total. The molecule has 0 aromatic carbocycles. The number of nitrogens with one attached hydrogen (secondary N) is 2. The summed E-state index contributed by atoms with van der Waals surface area (Å²) in [6, 6.07) is -1.22. The van der Waals surface area contributed by atoms with Crippen LogP contribution in [-0.2, 0) is 19.2 Å². The van der Waals surface area contributed by atoms with Crippen molar-refractivity contribution in [3.63, 3.8) is 0 Å². The van der Waals surface area contributed by atoms with E-state index in [0.717, 1.165) is 51.6 Å². The molecule has 11 heteroatoms. The highest BCUT2D eigenvalue weighted by atomic mass is 16.4. The van der Waals surface area contributed by atoms with Crippen LogP contribution < -0.4 is 16.5 Å². The zero-order valence-corrected chi connectivity index (χ0v) is 19.5. The summed E-state index contributed by atoms with van der Waals surface area (Å²) < 4.78 is 0. The van der Waals surface area contributed by atoms with E-state index in [1.807, 2.05) is 11.8 Å². The summed E-state index contributed by atoms with van der Waals surface area (Å²) in [5.74, 6) is 3.17. The first-order valence-corrected chi connectivity index (χ1v) is 11.9. The summed E-state index contributed by atoms with van der Waals surface area (Å²) in [7, 11) is 0. The standard InChI is InChI=1S/C22H38N6O5/c1-2-3-4-7-19(29)26-18(22(33)28(14-21(31)32)17-8-9-17)11-20(30)24-12-16-6-5-10-27(13-16)15-25-23/h15-18H,2-14,23H2,1H3,(H,24,30)(H,26,29)(H,31,32)/t16-,18-/m0/s1. The number of unbranched alkanes of at least 4 members (excludes halogenated alkanes) is 2. The maximum atomic E-state index is 13.1. The Morgan fingerprint density at radius 1 is 1.21 bits per heavy atom. The van der Waals surface area contributed by atoms with Gasteiger partial charge in [0.15, 0.2) is 0 Å². The molecule has 3 amide bonds. The van der Waals surface area contributed by atoms with Crippen molar-refractivity contribution in [2.75, 3.05) is 26.2 Å². The second kappa shape index (κ2) is 13.6. The number of nitrogens with zero attached hydrogens (tertiary/aromatic N) is 3. The van der Waals surface area contributed by atoms with E-state index in [2.05, 4.69) is 15.7 Å². The molecule has 0 radical (unpaired) electrons. The molecule has 2 fully saturated rings. The second-order valence-corrected chi connectivity index (χ2v) is 8.94. The number of nitrogens with two attached hydrogens (primary N) is 1. The molecule has 1 aliphatic heterocycles. The van der Waals surface area contributed by atoms with Gasteiger partial charge in [0, 0.05) is 32.1 Å². The van der Waals surface area contributed by atoms with E-state index >= 15 is 0 Å². The number of carboxylic acids is 1. The fourth-order valence-electron chi connectivity index (χ4n) is 4.10. The van der Waals surface area contributed by atoms with E-state index < -0.39 is 24.5 Å². The molecule has 0 aromatic heterocycles. The Labute approximate surface area is 195 Å². The Bertz CT molecular complexity index is 711. The Balaban J connectivity index is 1.96. The van der Waals surface area contributed by atoms with Gasteiger partial charge in [-0.1, -0.05) is 19.8 Å². The average Bonchev–Trinajstić information content (AvgIpc) is 3.61. The largest absolute Gasteiger partial charge is 0.480 e. The minimum Gasteiger partial charge on any atom is -0.480 e. The third kappa shape index (κ3) is 9.67. The Morgan fingerprint density at radius 3 is 2.61 bits per heavy atom. The van der Waals surface area contributed by atoms with E-state index in [1.165, 1.54) is 4.90 Å². The molecule has 1 saturated heterocycles. The van der Waals surface area contributed by atoms with Gasteiger partial charge in [0.1, 0.15) is 18.9 Å². The summed E-state index contributed by atoms with van der Waals surface area (Å²) in [5, 5.41) is 18.3. The number of carbonyl (C=O) groups is 4. The average molecular weight is 467 g/mol. The maximum absolute atomic E-state index is 13.1. The lowest BCUT2D eigenvalue weighted by Crippen LogP contribution is -2.52. The van der Waals surface area contributed by atoms with Crippen LogP contribution in [0, 0.1) is 5.92 Å². The molecule has 1 aliphatic carbocycles.